The highest BCUT2D eigenvalue weighted by Gasteiger charge is 2.08. The van der Waals surface area contributed by atoms with E-state index in [2.05, 4.69) is 15.7 Å². The van der Waals surface area contributed by atoms with Gasteiger partial charge in [0.05, 0.1) is 18.0 Å². The van der Waals surface area contributed by atoms with Crippen LogP contribution in [-0.4, -0.2) is 23.4 Å². The molecule has 2 aromatic rings. The van der Waals surface area contributed by atoms with Crippen molar-refractivity contribution in [3.8, 4) is 0 Å². The first-order valence-corrected chi connectivity index (χ1v) is 10.8. The highest BCUT2D eigenvalue weighted by molar-refractivity contribution is 5.28. The van der Waals surface area contributed by atoms with Crippen LogP contribution in [-0.2, 0) is 17.9 Å². The van der Waals surface area contributed by atoms with Gasteiger partial charge in [-0.05, 0) is 11.6 Å². The zero-order valence-corrected chi connectivity index (χ0v) is 19.6. The fraction of sp³-hybridized carbons (Fsp3) is 0.417. The average Bonchev–Trinajstić information content (AvgIpc) is 2.83. The number of anilines is 1. The zero-order chi connectivity index (χ0) is 23.5. The lowest BCUT2D eigenvalue weighted by atomic mass is 10.2. The van der Waals surface area contributed by atoms with Gasteiger partial charge in [-0.2, -0.15) is 4.68 Å². The van der Waals surface area contributed by atoms with Gasteiger partial charge in [-0.25, -0.2) is 9.37 Å². The van der Waals surface area contributed by atoms with Gasteiger partial charge in [0.1, 0.15) is 13.3 Å². The fourth-order valence-corrected chi connectivity index (χ4v) is 2.35. The summed E-state index contributed by atoms with van der Waals surface area (Å²) < 4.78 is 19.2. The second kappa shape index (κ2) is 17.7. The summed E-state index contributed by atoms with van der Waals surface area (Å²) in [6, 6.07) is 11.2. The maximum Gasteiger partial charge on any atom is 0.273 e. The summed E-state index contributed by atoms with van der Waals surface area (Å²) in [6.07, 6.45) is 5.37. The molecular formula is C24H37FN4O2. The molecule has 0 saturated carbocycles. The zero-order valence-electron chi connectivity index (χ0n) is 19.6. The molecule has 0 radical (unpaired) electrons. The smallest absolute Gasteiger partial charge is 0.273 e. The number of nitrogens with one attached hydrogen (secondary N) is 2. The van der Waals surface area contributed by atoms with E-state index in [0.29, 0.717) is 30.4 Å². The minimum atomic E-state index is -0.519. The van der Waals surface area contributed by atoms with Crippen LogP contribution >= 0.6 is 0 Å². The first-order chi connectivity index (χ1) is 15.2. The summed E-state index contributed by atoms with van der Waals surface area (Å²) >= 11 is 0. The number of alkyl halides is 1. The number of hydrogen-bond acceptors (Lipinski definition) is 5. The number of aromatic nitrogens is 2. The van der Waals surface area contributed by atoms with Crippen LogP contribution in [0.5, 0.6) is 0 Å². The number of allylic oxidation sites excluding steroid dienone is 4. The lowest BCUT2D eigenvalue weighted by Crippen LogP contribution is -2.32. The van der Waals surface area contributed by atoms with Crippen molar-refractivity contribution in [2.24, 2.45) is 0 Å². The lowest BCUT2D eigenvalue weighted by Gasteiger charge is -2.15. The quantitative estimate of drug-likeness (QED) is 0.388. The number of nitrogens with zero attached hydrogens (tertiary/aromatic N) is 2. The molecule has 7 heteroatoms. The molecule has 0 aliphatic rings. The normalized spacial score (nSPS) is 10.5. The van der Waals surface area contributed by atoms with E-state index in [1.807, 2.05) is 65.0 Å². The summed E-state index contributed by atoms with van der Waals surface area (Å²) in [7, 11) is 1.70. The van der Waals surface area contributed by atoms with Gasteiger partial charge in [0.25, 0.3) is 5.56 Å². The van der Waals surface area contributed by atoms with E-state index in [9.17, 15) is 9.18 Å². The number of ether oxygens (including phenoxy) is 1. The number of hydrogen-bond donors (Lipinski definition) is 2. The maximum atomic E-state index is 12.5. The van der Waals surface area contributed by atoms with E-state index in [-0.39, 0.29) is 12.2 Å². The standard InChI is InChI=1S/C20H25FN4O2.2C2H6/c1-3-18(11-7-8-12-21)27-15-17-13-19(26)25(20(22-2)24-17)23-14-16-9-5-4-6-10-16;2*1-2/h4-11,13,23H,3,12,14-15H2,1-2H3,(H,22,24);2*1-2H3/b8-7-,18-11+;;. The Bertz CT molecular complexity index is 833. The molecule has 0 saturated heterocycles. The van der Waals surface area contributed by atoms with Gasteiger partial charge in [-0.15, -0.1) is 0 Å². The van der Waals surface area contributed by atoms with Crippen LogP contribution in [0.1, 0.15) is 52.3 Å². The summed E-state index contributed by atoms with van der Waals surface area (Å²) in [5, 5.41) is 2.92. The van der Waals surface area contributed by atoms with Crippen LogP contribution in [0.2, 0.25) is 0 Å². The summed E-state index contributed by atoms with van der Waals surface area (Å²) in [5.41, 5.74) is 4.40. The highest BCUT2D eigenvalue weighted by Crippen LogP contribution is 2.09. The van der Waals surface area contributed by atoms with Crippen molar-refractivity contribution >= 4 is 5.95 Å². The second-order valence-electron chi connectivity index (χ2n) is 5.67. The molecule has 0 spiro atoms. The Labute approximate surface area is 185 Å². The van der Waals surface area contributed by atoms with Crippen molar-refractivity contribution in [3.05, 3.63) is 82.0 Å². The molecule has 0 atom stereocenters. The van der Waals surface area contributed by atoms with Crippen LogP contribution in [0.25, 0.3) is 0 Å². The number of rotatable bonds is 10. The molecule has 0 aliphatic heterocycles. The van der Waals surface area contributed by atoms with E-state index in [1.54, 1.807) is 19.2 Å². The molecule has 0 unspecified atom stereocenters. The molecular weight excluding hydrogens is 395 g/mol. The Morgan fingerprint density at radius 2 is 1.87 bits per heavy atom. The molecule has 6 nitrogen and oxygen atoms in total. The van der Waals surface area contributed by atoms with Crippen LogP contribution in [0.15, 0.2) is 65.2 Å². The Hall–Kier alpha value is -3.09. The van der Waals surface area contributed by atoms with Crippen LogP contribution < -0.4 is 16.3 Å². The lowest BCUT2D eigenvalue weighted by molar-refractivity contribution is 0.188. The van der Waals surface area contributed by atoms with Gasteiger partial charge in [-0.3, -0.25) is 4.79 Å². The first kappa shape index (κ1) is 27.9. The predicted octanol–water partition coefficient (Wildman–Crippen LogP) is 5.42. The van der Waals surface area contributed by atoms with E-state index >= 15 is 0 Å². The molecule has 172 valence electrons. The van der Waals surface area contributed by atoms with Crippen molar-refractivity contribution in [1.82, 2.24) is 9.66 Å². The first-order valence-electron chi connectivity index (χ1n) is 10.8. The third-order valence-electron chi connectivity index (χ3n) is 3.74. The SMILES string of the molecule is CC.CC.CC/C(=C\C=C/CF)OCc1cc(=O)n(NCc2ccccc2)c(NC)n1. The van der Waals surface area contributed by atoms with Gasteiger partial charge in [0, 0.05) is 19.5 Å². The largest absolute Gasteiger partial charge is 0.492 e. The highest BCUT2D eigenvalue weighted by atomic mass is 19.1. The average molecular weight is 433 g/mol. The Morgan fingerprint density at radius 1 is 1.19 bits per heavy atom. The monoisotopic (exact) mass is 432 g/mol. The van der Waals surface area contributed by atoms with Crippen LogP contribution in [0.4, 0.5) is 10.3 Å². The molecule has 1 aromatic heterocycles. The maximum absolute atomic E-state index is 12.5. The van der Waals surface area contributed by atoms with E-state index in [4.69, 9.17) is 4.74 Å². The Kier molecular flexibility index (Phi) is 16.0. The molecule has 0 fully saturated rings. The molecule has 1 aromatic carbocycles. The van der Waals surface area contributed by atoms with Crippen molar-refractivity contribution in [2.75, 3.05) is 24.5 Å². The van der Waals surface area contributed by atoms with E-state index < -0.39 is 6.67 Å². The summed E-state index contributed by atoms with van der Waals surface area (Å²) in [5.74, 6) is 1.09. The van der Waals surface area contributed by atoms with Gasteiger partial charge in [0.15, 0.2) is 0 Å². The van der Waals surface area contributed by atoms with Crippen molar-refractivity contribution in [1.29, 1.82) is 0 Å². The van der Waals surface area contributed by atoms with E-state index in [1.165, 1.54) is 16.8 Å². The van der Waals surface area contributed by atoms with Crippen molar-refractivity contribution in [3.63, 3.8) is 0 Å². The third kappa shape index (κ3) is 10.5. The van der Waals surface area contributed by atoms with Gasteiger partial charge < -0.3 is 15.5 Å². The molecule has 2 N–H and O–H groups in total. The van der Waals surface area contributed by atoms with Gasteiger partial charge in [-0.1, -0.05) is 77.1 Å². The van der Waals surface area contributed by atoms with Crippen molar-refractivity contribution < 1.29 is 9.13 Å². The molecule has 0 amide bonds. The van der Waals surface area contributed by atoms with Crippen molar-refractivity contribution in [2.45, 2.75) is 54.2 Å². The summed E-state index contributed by atoms with van der Waals surface area (Å²) in [4.78, 5) is 16.9. The third-order valence-corrected chi connectivity index (χ3v) is 3.74. The topological polar surface area (TPSA) is 68.2 Å². The molecule has 0 bridgehead atoms. The van der Waals surface area contributed by atoms with Gasteiger partial charge >= 0.3 is 0 Å². The number of halogens is 1. The Balaban J connectivity index is 0.00000212. The Morgan fingerprint density at radius 3 is 2.45 bits per heavy atom. The molecule has 0 aliphatic carbocycles. The van der Waals surface area contributed by atoms with Crippen LogP contribution in [0, 0.1) is 0 Å². The molecule has 1 heterocycles. The predicted molar refractivity (Wildman–Crippen MR) is 129 cm³/mol. The van der Waals surface area contributed by atoms with E-state index in [0.717, 1.165) is 5.56 Å². The molecule has 2 rings (SSSR count). The minimum Gasteiger partial charge on any atom is -0.492 e. The van der Waals surface area contributed by atoms with Crippen LogP contribution in [0.3, 0.4) is 0 Å². The minimum absolute atomic E-state index is 0.159. The molecule has 31 heavy (non-hydrogen) atoms. The number of benzene rings is 1. The fourth-order valence-electron chi connectivity index (χ4n) is 2.35. The summed E-state index contributed by atoms with van der Waals surface area (Å²) in [6.45, 7) is 10.1. The second-order valence-corrected chi connectivity index (χ2v) is 5.67. The van der Waals surface area contributed by atoms with Gasteiger partial charge in [0.2, 0.25) is 5.95 Å².